The smallest absolute Gasteiger partial charge is 0.410 e. The normalized spacial score (nSPS) is 14.5. The van der Waals surface area contributed by atoms with Crippen LogP contribution in [-0.4, -0.2) is 68.3 Å². The van der Waals surface area contributed by atoms with Crippen LogP contribution >= 0.6 is 0 Å². The van der Waals surface area contributed by atoms with Crippen molar-refractivity contribution < 1.29 is 41.0 Å². The Bertz CT molecular complexity index is 1350. The second kappa shape index (κ2) is 13.6. The molecule has 1 N–H and O–H groups in total. The summed E-state index contributed by atoms with van der Waals surface area (Å²) < 4.78 is 72.4. The Hall–Kier alpha value is -3.61. The van der Waals surface area contributed by atoms with E-state index in [-0.39, 0.29) is 37.1 Å². The molecule has 0 atom stereocenters. The number of nitrogens with one attached hydrogen (secondary N) is 1. The van der Waals surface area contributed by atoms with Gasteiger partial charge in [-0.3, -0.25) is 0 Å². The standard InChI is InChI=1S/C29H39F2N3O7S/c1-19(2)40-23-9-7-20(8-10-23)18-42(37,38)32-27(35)34(17-21-15-24(30)25(31)16-26(21)39-6)22-11-13-33(14-12-22)28(36)41-29(3,4)5/h7-10,15-16,19,22H,11-14,17-18H2,1-6H3,(H,32,35). The predicted molar refractivity (Wildman–Crippen MR) is 153 cm³/mol. The minimum absolute atomic E-state index is 0.00412. The van der Waals surface area contributed by atoms with Crippen molar-refractivity contribution in [3.05, 3.63) is 59.2 Å². The first-order chi connectivity index (χ1) is 19.6. The average Bonchev–Trinajstić information content (AvgIpc) is 2.88. The number of carbonyl (C=O) groups is 2. The topological polar surface area (TPSA) is 114 Å². The Morgan fingerprint density at radius 3 is 2.21 bits per heavy atom. The summed E-state index contributed by atoms with van der Waals surface area (Å²) in [6.45, 7) is 9.24. The molecule has 13 heteroatoms. The van der Waals surface area contributed by atoms with Gasteiger partial charge in [-0.15, -0.1) is 0 Å². The summed E-state index contributed by atoms with van der Waals surface area (Å²) in [5.74, 6) is -2.14. The molecular weight excluding hydrogens is 572 g/mol. The molecule has 0 radical (unpaired) electrons. The number of rotatable bonds is 9. The van der Waals surface area contributed by atoms with Crippen molar-refractivity contribution >= 4 is 22.1 Å². The lowest BCUT2D eigenvalue weighted by Gasteiger charge is -2.39. The van der Waals surface area contributed by atoms with E-state index in [4.69, 9.17) is 14.2 Å². The van der Waals surface area contributed by atoms with Crippen LogP contribution in [0.5, 0.6) is 11.5 Å². The van der Waals surface area contributed by atoms with Gasteiger partial charge in [0.25, 0.3) is 0 Å². The number of carbonyl (C=O) groups excluding carboxylic acids is 2. The number of piperidine rings is 1. The van der Waals surface area contributed by atoms with Gasteiger partial charge in [-0.05, 0) is 71.2 Å². The molecule has 42 heavy (non-hydrogen) atoms. The van der Waals surface area contributed by atoms with Gasteiger partial charge in [0.2, 0.25) is 10.0 Å². The number of benzene rings is 2. The molecule has 1 fully saturated rings. The fraction of sp³-hybridized carbons (Fsp3) is 0.517. The molecule has 0 saturated carbocycles. The van der Waals surface area contributed by atoms with Crippen molar-refractivity contribution in [1.29, 1.82) is 0 Å². The third kappa shape index (κ3) is 9.47. The van der Waals surface area contributed by atoms with Gasteiger partial charge in [0.15, 0.2) is 11.6 Å². The minimum atomic E-state index is -4.15. The van der Waals surface area contributed by atoms with Gasteiger partial charge < -0.3 is 24.0 Å². The second-order valence-corrected chi connectivity index (χ2v) is 13.1. The van der Waals surface area contributed by atoms with Crippen LogP contribution in [-0.2, 0) is 27.1 Å². The highest BCUT2D eigenvalue weighted by Crippen LogP contribution is 2.27. The maximum atomic E-state index is 14.2. The van der Waals surface area contributed by atoms with E-state index in [2.05, 4.69) is 4.72 Å². The predicted octanol–water partition coefficient (Wildman–Crippen LogP) is 5.20. The molecule has 0 spiro atoms. The lowest BCUT2D eigenvalue weighted by atomic mass is 10.0. The van der Waals surface area contributed by atoms with Gasteiger partial charge in [-0.1, -0.05) is 12.1 Å². The summed E-state index contributed by atoms with van der Waals surface area (Å²) in [6, 6.07) is 6.81. The first-order valence-electron chi connectivity index (χ1n) is 13.6. The Labute approximate surface area is 246 Å². The lowest BCUT2D eigenvalue weighted by Crippen LogP contribution is -2.52. The van der Waals surface area contributed by atoms with Crippen molar-refractivity contribution in [2.45, 2.75) is 77.5 Å². The maximum Gasteiger partial charge on any atom is 0.410 e. The molecule has 2 aromatic rings. The zero-order chi connectivity index (χ0) is 31.2. The average molecular weight is 612 g/mol. The van der Waals surface area contributed by atoms with Crippen LogP contribution in [0.3, 0.4) is 0 Å². The number of nitrogens with zero attached hydrogens (tertiary/aromatic N) is 2. The molecule has 1 heterocycles. The molecule has 3 rings (SSSR count). The third-order valence-electron chi connectivity index (χ3n) is 6.38. The fourth-order valence-corrected chi connectivity index (χ4v) is 5.59. The zero-order valence-electron chi connectivity index (χ0n) is 24.8. The molecule has 1 aliphatic heterocycles. The summed E-state index contributed by atoms with van der Waals surface area (Å²) in [5, 5.41) is 0. The molecule has 1 saturated heterocycles. The number of hydrogen-bond acceptors (Lipinski definition) is 7. The number of likely N-dealkylation sites (tertiary alicyclic amines) is 1. The number of amides is 3. The Balaban J connectivity index is 1.80. The van der Waals surface area contributed by atoms with Crippen LogP contribution in [0.4, 0.5) is 18.4 Å². The quantitative estimate of drug-likeness (QED) is 0.415. The summed E-state index contributed by atoms with van der Waals surface area (Å²) in [4.78, 5) is 28.8. The van der Waals surface area contributed by atoms with Crippen molar-refractivity contribution in [2.24, 2.45) is 0 Å². The van der Waals surface area contributed by atoms with E-state index < -0.39 is 51.2 Å². The van der Waals surface area contributed by atoms with Crippen LogP contribution in [0, 0.1) is 11.6 Å². The second-order valence-electron chi connectivity index (χ2n) is 11.4. The van der Waals surface area contributed by atoms with E-state index in [1.165, 1.54) is 16.9 Å². The highest BCUT2D eigenvalue weighted by Gasteiger charge is 2.33. The van der Waals surface area contributed by atoms with E-state index in [9.17, 15) is 26.8 Å². The molecule has 2 aromatic carbocycles. The van der Waals surface area contributed by atoms with Gasteiger partial charge in [0, 0.05) is 30.8 Å². The molecule has 0 aliphatic carbocycles. The third-order valence-corrected chi connectivity index (χ3v) is 7.58. The van der Waals surface area contributed by atoms with Crippen LogP contribution < -0.4 is 14.2 Å². The van der Waals surface area contributed by atoms with Crippen molar-refractivity contribution in [2.75, 3.05) is 20.2 Å². The number of methoxy groups -OCH3 is 1. The fourth-order valence-electron chi connectivity index (χ4n) is 4.50. The highest BCUT2D eigenvalue weighted by molar-refractivity contribution is 7.89. The van der Waals surface area contributed by atoms with Crippen LogP contribution in [0.2, 0.25) is 0 Å². The zero-order valence-corrected chi connectivity index (χ0v) is 25.6. The number of urea groups is 1. The number of ether oxygens (including phenoxy) is 3. The van der Waals surface area contributed by atoms with E-state index in [1.54, 1.807) is 45.0 Å². The van der Waals surface area contributed by atoms with Crippen molar-refractivity contribution in [3.8, 4) is 11.5 Å². The highest BCUT2D eigenvalue weighted by atomic mass is 32.2. The Morgan fingerprint density at radius 2 is 1.67 bits per heavy atom. The van der Waals surface area contributed by atoms with Crippen molar-refractivity contribution in [1.82, 2.24) is 14.5 Å². The van der Waals surface area contributed by atoms with E-state index in [0.29, 0.717) is 24.2 Å². The molecule has 232 valence electrons. The Morgan fingerprint density at radius 1 is 1.07 bits per heavy atom. The van der Waals surface area contributed by atoms with E-state index in [0.717, 1.165) is 12.1 Å². The maximum absolute atomic E-state index is 14.2. The molecule has 0 unspecified atom stereocenters. The van der Waals surface area contributed by atoms with Gasteiger partial charge in [0.05, 0.1) is 25.5 Å². The molecule has 10 nitrogen and oxygen atoms in total. The van der Waals surface area contributed by atoms with Gasteiger partial charge >= 0.3 is 12.1 Å². The van der Waals surface area contributed by atoms with Crippen LogP contribution in [0.25, 0.3) is 0 Å². The Kier molecular flexibility index (Phi) is 10.6. The molecule has 0 aromatic heterocycles. The lowest BCUT2D eigenvalue weighted by molar-refractivity contribution is 0.0162. The number of sulfonamides is 1. The van der Waals surface area contributed by atoms with E-state index >= 15 is 0 Å². The molecule has 1 aliphatic rings. The molecule has 3 amide bonds. The van der Waals surface area contributed by atoms with Crippen LogP contribution in [0.1, 0.15) is 58.6 Å². The monoisotopic (exact) mass is 611 g/mol. The van der Waals surface area contributed by atoms with Crippen LogP contribution in [0.15, 0.2) is 36.4 Å². The minimum Gasteiger partial charge on any atom is -0.496 e. The number of hydrogen-bond donors (Lipinski definition) is 1. The summed E-state index contributed by atoms with van der Waals surface area (Å²) >= 11 is 0. The first-order valence-corrected chi connectivity index (χ1v) is 15.3. The number of halogens is 2. The molecular formula is C29H39F2N3O7S. The van der Waals surface area contributed by atoms with Gasteiger partial charge in [-0.2, -0.15) is 0 Å². The molecule has 0 bridgehead atoms. The van der Waals surface area contributed by atoms with Gasteiger partial charge in [0.1, 0.15) is 17.1 Å². The first kappa shape index (κ1) is 32.9. The van der Waals surface area contributed by atoms with E-state index in [1.807, 2.05) is 13.8 Å². The summed E-state index contributed by atoms with van der Waals surface area (Å²) in [5.41, 5.74) is -0.0932. The van der Waals surface area contributed by atoms with Gasteiger partial charge in [-0.25, -0.2) is 31.5 Å². The largest absolute Gasteiger partial charge is 0.496 e. The SMILES string of the molecule is COc1cc(F)c(F)cc1CN(C(=O)NS(=O)(=O)Cc1ccc(OC(C)C)cc1)C1CCN(C(=O)OC(C)(C)C)CC1. The van der Waals surface area contributed by atoms with Crippen molar-refractivity contribution in [3.63, 3.8) is 0 Å². The summed E-state index contributed by atoms with van der Waals surface area (Å²) in [6.07, 6.45) is 0.0622. The summed E-state index contributed by atoms with van der Waals surface area (Å²) in [7, 11) is -2.87.